The van der Waals surface area contributed by atoms with Gasteiger partial charge in [-0.25, -0.2) is 8.42 Å². The van der Waals surface area contributed by atoms with Gasteiger partial charge in [-0.15, -0.1) is 0 Å². The highest BCUT2D eigenvalue weighted by molar-refractivity contribution is 7.92. The highest BCUT2D eigenvalue weighted by Crippen LogP contribution is 2.31. The first-order chi connectivity index (χ1) is 17.1. The van der Waals surface area contributed by atoms with Gasteiger partial charge >= 0.3 is 0 Å². The van der Waals surface area contributed by atoms with Gasteiger partial charge < -0.3 is 10.0 Å². The number of carbonyl (C=O) groups is 1. The van der Waals surface area contributed by atoms with Crippen LogP contribution in [0.25, 0.3) is 6.08 Å². The molecule has 1 amide bonds. The summed E-state index contributed by atoms with van der Waals surface area (Å²) in [6.07, 6.45) is 5.41. The van der Waals surface area contributed by atoms with Gasteiger partial charge in [-0.3, -0.25) is 9.10 Å². The van der Waals surface area contributed by atoms with Crippen LogP contribution in [0.1, 0.15) is 40.7 Å². The van der Waals surface area contributed by atoms with Gasteiger partial charge in [0, 0.05) is 19.2 Å². The van der Waals surface area contributed by atoms with Crippen LogP contribution in [0.15, 0.2) is 71.6 Å². The van der Waals surface area contributed by atoms with Crippen LogP contribution in [0.3, 0.4) is 0 Å². The molecule has 0 bridgehead atoms. The summed E-state index contributed by atoms with van der Waals surface area (Å²) in [4.78, 5) is 14.5. The fraction of sp³-hybridized carbons (Fsp3) is 0.276. The van der Waals surface area contributed by atoms with Crippen molar-refractivity contribution in [3.8, 4) is 5.75 Å². The monoisotopic (exact) mass is 504 g/mol. The first-order valence-electron chi connectivity index (χ1n) is 12.1. The van der Waals surface area contributed by atoms with Crippen molar-refractivity contribution in [2.45, 2.75) is 45.1 Å². The third-order valence-corrected chi connectivity index (χ3v) is 8.49. The Labute approximate surface area is 213 Å². The van der Waals surface area contributed by atoms with Gasteiger partial charge in [-0.2, -0.15) is 0 Å². The maximum atomic E-state index is 14.0. The zero-order chi connectivity index (χ0) is 25.9. The summed E-state index contributed by atoms with van der Waals surface area (Å²) in [5.41, 5.74) is 4.36. The van der Waals surface area contributed by atoms with Crippen LogP contribution in [0.4, 0.5) is 5.69 Å². The number of hydrogen-bond donors (Lipinski definition) is 1. The van der Waals surface area contributed by atoms with E-state index in [0.29, 0.717) is 22.4 Å². The van der Waals surface area contributed by atoms with E-state index in [4.69, 9.17) is 0 Å². The van der Waals surface area contributed by atoms with Crippen molar-refractivity contribution in [2.24, 2.45) is 0 Å². The normalized spacial score (nSPS) is 13.9. The Kier molecular flexibility index (Phi) is 7.50. The molecule has 0 unspecified atom stereocenters. The van der Waals surface area contributed by atoms with Crippen molar-refractivity contribution in [1.29, 1.82) is 0 Å². The summed E-state index contributed by atoms with van der Waals surface area (Å²) in [6.45, 7) is 7.22. The second kappa shape index (κ2) is 10.6. The molecular weight excluding hydrogens is 472 g/mol. The first kappa shape index (κ1) is 25.5. The van der Waals surface area contributed by atoms with Crippen LogP contribution >= 0.6 is 0 Å². The number of benzene rings is 3. The Morgan fingerprint density at radius 3 is 2.22 bits per heavy atom. The number of anilines is 1. The minimum atomic E-state index is -3.92. The number of carbonyl (C=O) groups excluding carboxylic acids is 1. The molecule has 0 saturated carbocycles. The highest BCUT2D eigenvalue weighted by atomic mass is 32.2. The van der Waals surface area contributed by atoms with E-state index in [-0.39, 0.29) is 23.1 Å². The standard InChI is InChI=1S/C29H32N2O4S/c1-21-17-22(2)29(23(3)18-21)36(34,35)31(20-25-7-6-8-27(32)19-25)26-12-9-24(10-13-26)11-14-28(33)30-15-4-5-16-30/h6-14,17-19,32H,4-5,15-16,20H2,1-3H3/b14-11+. The third kappa shape index (κ3) is 5.62. The first-order valence-corrected chi connectivity index (χ1v) is 13.5. The predicted molar refractivity (Wildman–Crippen MR) is 143 cm³/mol. The van der Waals surface area contributed by atoms with Crippen LogP contribution < -0.4 is 4.31 Å². The van der Waals surface area contributed by atoms with E-state index in [1.165, 1.54) is 4.31 Å². The van der Waals surface area contributed by atoms with Gasteiger partial charge in [0.15, 0.2) is 0 Å². The molecule has 7 heteroatoms. The van der Waals surface area contributed by atoms with Crippen LogP contribution in [0, 0.1) is 20.8 Å². The lowest BCUT2D eigenvalue weighted by molar-refractivity contribution is -0.124. The van der Waals surface area contributed by atoms with Gasteiger partial charge in [0.05, 0.1) is 17.1 Å². The molecule has 36 heavy (non-hydrogen) atoms. The van der Waals surface area contributed by atoms with Crippen molar-refractivity contribution in [2.75, 3.05) is 17.4 Å². The van der Waals surface area contributed by atoms with E-state index < -0.39 is 10.0 Å². The fourth-order valence-electron chi connectivity index (χ4n) is 4.78. The number of nitrogens with zero attached hydrogens (tertiary/aromatic N) is 2. The molecule has 0 aromatic heterocycles. The number of likely N-dealkylation sites (tertiary alicyclic amines) is 1. The Bertz CT molecular complexity index is 1370. The molecule has 1 heterocycles. The largest absolute Gasteiger partial charge is 0.508 e. The van der Waals surface area contributed by atoms with Crippen molar-refractivity contribution in [3.63, 3.8) is 0 Å². The topological polar surface area (TPSA) is 77.9 Å². The summed E-state index contributed by atoms with van der Waals surface area (Å²) >= 11 is 0. The lowest BCUT2D eigenvalue weighted by atomic mass is 10.1. The van der Waals surface area contributed by atoms with Crippen molar-refractivity contribution >= 4 is 27.7 Å². The molecule has 1 N–H and O–H groups in total. The van der Waals surface area contributed by atoms with E-state index in [0.717, 1.165) is 37.1 Å². The second-order valence-electron chi connectivity index (χ2n) is 9.37. The molecule has 0 radical (unpaired) electrons. The molecule has 3 aromatic rings. The Morgan fingerprint density at radius 2 is 1.61 bits per heavy atom. The summed E-state index contributed by atoms with van der Waals surface area (Å²) in [6, 6.07) is 17.5. The Balaban J connectivity index is 1.69. The highest BCUT2D eigenvalue weighted by Gasteiger charge is 2.29. The Hall–Kier alpha value is -3.58. The SMILES string of the molecule is Cc1cc(C)c(S(=O)(=O)N(Cc2cccc(O)c2)c2ccc(/C=C/C(=O)N3CCCC3)cc2)c(C)c1. The molecule has 1 aliphatic rings. The minimum absolute atomic E-state index is 0.00464. The quantitative estimate of drug-likeness (QED) is 0.440. The molecule has 6 nitrogen and oxygen atoms in total. The zero-order valence-electron chi connectivity index (χ0n) is 20.9. The number of amides is 1. The molecule has 1 fully saturated rings. The molecule has 1 aliphatic heterocycles. The number of sulfonamides is 1. The summed E-state index contributed by atoms with van der Waals surface area (Å²) in [5, 5.41) is 9.95. The van der Waals surface area contributed by atoms with E-state index in [9.17, 15) is 18.3 Å². The molecule has 3 aromatic carbocycles. The lowest BCUT2D eigenvalue weighted by Crippen LogP contribution is -2.31. The second-order valence-corrected chi connectivity index (χ2v) is 11.2. The van der Waals surface area contributed by atoms with E-state index >= 15 is 0 Å². The van der Waals surface area contributed by atoms with Gasteiger partial charge in [0.25, 0.3) is 10.0 Å². The minimum Gasteiger partial charge on any atom is -0.508 e. The molecule has 4 rings (SSSR count). The summed E-state index contributed by atoms with van der Waals surface area (Å²) < 4.78 is 29.4. The van der Waals surface area contributed by atoms with E-state index in [2.05, 4.69) is 0 Å². The maximum Gasteiger partial charge on any atom is 0.265 e. The van der Waals surface area contributed by atoms with Gasteiger partial charge in [0.2, 0.25) is 5.91 Å². The number of aryl methyl sites for hydroxylation is 3. The lowest BCUT2D eigenvalue weighted by Gasteiger charge is -2.27. The average molecular weight is 505 g/mol. The number of phenols is 1. The molecule has 0 aliphatic carbocycles. The number of rotatable bonds is 7. The smallest absolute Gasteiger partial charge is 0.265 e. The average Bonchev–Trinajstić information content (AvgIpc) is 3.36. The van der Waals surface area contributed by atoms with Gasteiger partial charge in [-0.1, -0.05) is 42.0 Å². The van der Waals surface area contributed by atoms with Crippen molar-refractivity contribution in [1.82, 2.24) is 4.90 Å². The Morgan fingerprint density at radius 1 is 0.972 bits per heavy atom. The fourth-order valence-corrected chi connectivity index (χ4v) is 6.65. The number of phenolic OH excluding ortho intramolecular Hbond substituents is 1. The number of hydrogen-bond acceptors (Lipinski definition) is 4. The third-order valence-electron chi connectivity index (χ3n) is 6.41. The van der Waals surface area contributed by atoms with Gasteiger partial charge in [-0.05, 0) is 86.2 Å². The zero-order valence-corrected chi connectivity index (χ0v) is 21.8. The van der Waals surface area contributed by atoms with Crippen LogP contribution in [-0.4, -0.2) is 37.4 Å². The van der Waals surface area contributed by atoms with Crippen LogP contribution in [0.5, 0.6) is 5.75 Å². The molecule has 0 spiro atoms. The van der Waals surface area contributed by atoms with Crippen molar-refractivity contribution < 1.29 is 18.3 Å². The van der Waals surface area contributed by atoms with Gasteiger partial charge in [0.1, 0.15) is 5.75 Å². The van der Waals surface area contributed by atoms with Crippen molar-refractivity contribution in [3.05, 3.63) is 94.6 Å². The predicted octanol–water partition coefficient (Wildman–Crippen LogP) is 5.35. The summed E-state index contributed by atoms with van der Waals surface area (Å²) in [7, 11) is -3.92. The molecule has 1 saturated heterocycles. The molecule has 188 valence electrons. The summed E-state index contributed by atoms with van der Waals surface area (Å²) in [5.74, 6) is 0.0747. The maximum absolute atomic E-state index is 14.0. The van der Waals surface area contributed by atoms with E-state index in [1.54, 1.807) is 48.6 Å². The number of aromatic hydroxyl groups is 1. The van der Waals surface area contributed by atoms with Crippen LogP contribution in [0.2, 0.25) is 0 Å². The van der Waals surface area contributed by atoms with E-state index in [1.807, 2.05) is 49.9 Å². The molecular formula is C29H32N2O4S. The molecule has 0 atom stereocenters. The van der Waals surface area contributed by atoms with Crippen LogP contribution in [-0.2, 0) is 21.4 Å².